The number of aromatic nitrogens is 4. The number of thiophene rings is 1. The van der Waals surface area contributed by atoms with Crippen molar-refractivity contribution in [2.75, 3.05) is 11.1 Å². The van der Waals surface area contributed by atoms with E-state index in [1.54, 1.807) is 30.9 Å². The van der Waals surface area contributed by atoms with E-state index in [1.807, 2.05) is 12.3 Å². The predicted octanol–water partition coefficient (Wildman–Crippen LogP) is 1.77. The summed E-state index contributed by atoms with van der Waals surface area (Å²) in [5, 5.41) is 9.95. The molecule has 0 atom stereocenters. The first kappa shape index (κ1) is 15.8. The molecule has 0 aliphatic heterocycles. The third-order valence-electron chi connectivity index (χ3n) is 3.27. The first-order chi connectivity index (χ1) is 11.0. The average molecular weight is 349 g/mol. The third-order valence-corrected chi connectivity index (χ3v) is 5.10. The second-order valence-electron chi connectivity index (χ2n) is 5.03. The van der Waals surface area contributed by atoms with E-state index in [4.69, 9.17) is 0 Å². The zero-order valence-electron chi connectivity index (χ0n) is 12.9. The Morgan fingerprint density at radius 2 is 2.22 bits per heavy atom. The van der Waals surface area contributed by atoms with Crippen molar-refractivity contribution in [3.8, 4) is 0 Å². The SMILES string of the molecule is Cc1cc(NC(=O)CSc2nc3sccc3c(=O)n2C)n(C)n1. The summed E-state index contributed by atoms with van der Waals surface area (Å²) in [6.07, 6.45) is 0. The number of aryl methyl sites for hydroxylation is 2. The van der Waals surface area contributed by atoms with Crippen LogP contribution in [0.3, 0.4) is 0 Å². The quantitative estimate of drug-likeness (QED) is 0.573. The fourth-order valence-electron chi connectivity index (χ4n) is 2.15. The Kier molecular flexibility index (Phi) is 4.22. The molecule has 0 saturated heterocycles. The summed E-state index contributed by atoms with van der Waals surface area (Å²) in [6, 6.07) is 3.56. The number of rotatable bonds is 4. The van der Waals surface area contributed by atoms with E-state index in [-0.39, 0.29) is 17.2 Å². The van der Waals surface area contributed by atoms with Crippen molar-refractivity contribution in [2.45, 2.75) is 12.1 Å². The topological polar surface area (TPSA) is 81.8 Å². The Labute approximate surface area is 140 Å². The number of fused-ring (bicyclic) bond motifs is 1. The van der Waals surface area contributed by atoms with Crippen molar-refractivity contribution in [1.82, 2.24) is 19.3 Å². The summed E-state index contributed by atoms with van der Waals surface area (Å²) in [7, 11) is 3.43. The molecule has 3 aromatic rings. The Morgan fingerprint density at radius 3 is 2.91 bits per heavy atom. The molecule has 7 nitrogen and oxygen atoms in total. The number of carbonyl (C=O) groups is 1. The Morgan fingerprint density at radius 1 is 1.43 bits per heavy atom. The highest BCUT2D eigenvalue weighted by molar-refractivity contribution is 7.99. The van der Waals surface area contributed by atoms with Gasteiger partial charge in [0.15, 0.2) is 5.16 Å². The van der Waals surface area contributed by atoms with Crippen LogP contribution in [0.25, 0.3) is 10.2 Å². The number of nitrogens with one attached hydrogen (secondary N) is 1. The van der Waals surface area contributed by atoms with E-state index in [0.717, 1.165) is 5.69 Å². The van der Waals surface area contributed by atoms with Gasteiger partial charge in [-0.1, -0.05) is 11.8 Å². The van der Waals surface area contributed by atoms with Crippen molar-refractivity contribution in [3.63, 3.8) is 0 Å². The minimum Gasteiger partial charge on any atom is -0.310 e. The summed E-state index contributed by atoms with van der Waals surface area (Å²) in [4.78, 5) is 29.4. The highest BCUT2D eigenvalue weighted by Crippen LogP contribution is 2.20. The van der Waals surface area contributed by atoms with E-state index < -0.39 is 0 Å². The van der Waals surface area contributed by atoms with Crippen LogP contribution in [0.4, 0.5) is 5.82 Å². The predicted molar refractivity (Wildman–Crippen MR) is 92.2 cm³/mol. The molecular weight excluding hydrogens is 334 g/mol. The van der Waals surface area contributed by atoms with Crippen LogP contribution in [-0.2, 0) is 18.9 Å². The van der Waals surface area contributed by atoms with Crippen LogP contribution in [0.15, 0.2) is 27.5 Å². The van der Waals surface area contributed by atoms with Crippen LogP contribution in [0.2, 0.25) is 0 Å². The van der Waals surface area contributed by atoms with Crippen LogP contribution in [-0.4, -0.2) is 31.0 Å². The zero-order valence-corrected chi connectivity index (χ0v) is 14.5. The molecule has 0 unspecified atom stereocenters. The van der Waals surface area contributed by atoms with E-state index in [1.165, 1.54) is 27.7 Å². The molecule has 9 heteroatoms. The van der Waals surface area contributed by atoms with Gasteiger partial charge in [0.1, 0.15) is 10.6 Å². The molecule has 23 heavy (non-hydrogen) atoms. The molecule has 3 rings (SSSR count). The number of hydrogen-bond donors (Lipinski definition) is 1. The summed E-state index contributed by atoms with van der Waals surface area (Å²) < 4.78 is 3.09. The molecule has 120 valence electrons. The van der Waals surface area contributed by atoms with Crippen LogP contribution < -0.4 is 10.9 Å². The molecular formula is C14H15N5O2S2. The standard InChI is InChI=1S/C14H15N5O2S2/c1-8-6-10(19(3)17-8)15-11(20)7-23-14-16-12-9(4-5-22-12)13(21)18(14)2/h4-6H,7H2,1-3H3,(H,15,20). The second-order valence-corrected chi connectivity index (χ2v) is 6.87. The fourth-order valence-corrected chi connectivity index (χ4v) is 3.72. The Bertz CT molecular complexity index is 940. The van der Waals surface area contributed by atoms with Gasteiger partial charge >= 0.3 is 0 Å². The summed E-state index contributed by atoms with van der Waals surface area (Å²) >= 11 is 2.65. The Hall–Kier alpha value is -2.13. The Balaban J connectivity index is 1.73. The van der Waals surface area contributed by atoms with Crippen LogP contribution in [0, 0.1) is 6.92 Å². The van der Waals surface area contributed by atoms with Crippen molar-refractivity contribution < 1.29 is 4.79 Å². The molecule has 3 aromatic heterocycles. The number of amides is 1. The molecule has 0 fully saturated rings. The second kappa shape index (κ2) is 6.17. The van der Waals surface area contributed by atoms with Crippen molar-refractivity contribution in [3.05, 3.63) is 33.6 Å². The van der Waals surface area contributed by atoms with E-state index in [2.05, 4.69) is 15.4 Å². The van der Waals surface area contributed by atoms with Gasteiger partial charge in [-0.3, -0.25) is 18.8 Å². The van der Waals surface area contributed by atoms with Gasteiger partial charge < -0.3 is 5.32 Å². The van der Waals surface area contributed by atoms with Crippen LogP contribution in [0.5, 0.6) is 0 Å². The van der Waals surface area contributed by atoms with E-state index in [9.17, 15) is 9.59 Å². The van der Waals surface area contributed by atoms with Crippen molar-refractivity contribution in [2.24, 2.45) is 14.1 Å². The smallest absolute Gasteiger partial charge is 0.262 e. The lowest BCUT2D eigenvalue weighted by Gasteiger charge is -2.07. The van der Waals surface area contributed by atoms with Crippen molar-refractivity contribution >= 4 is 45.0 Å². The van der Waals surface area contributed by atoms with Gasteiger partial charge in [0.2, 0.25) is 5.91 Å². The van der Waals surface area contributed by atoms with Gasteiger partial charge in [0, 0.05) is 20.2 Å². The number of carbonyl (C=O) groups excluding carboxylic acids is 1. The number of hydrogen-bond acceptors (Lipinski definition) is 6. The summed E-state index contributed by atoms with van der Waals surface area (Å²) in [5.41, 5.74) is 0.740. The van der Waals surface area contributed by atoms with Gasteiger partial charge in [-0.2, -0.15) is 5.10 Å². The van der Waals surface area contributed by atoms with Gasteiger partial charge in [0.05, 0.1) is 16.8 Å². The highest BCUT2D eigenvalue weighted by Gasteiger charge is 2.12. The first-order valence-electron chi connectivity index (χ1n) is 6.83. The molecule has 0 spiro atoms. The third kappa shape index (κ3) is 3.15. The zero-order chi connectivity index (χ0) is 16.6. The van der Waals surface area contributed by atoms with Crippen LogP contribution in [0.1, 0.15) is 5.69 Å². The number of thioether (sulfide) groups is 1. The number of nitrogens with zero attached hydrogens (tertiary/aromatic N) is 4. The molecule has 0 radical (unpaired) electrons. The largest absolute Gasteiger partial charge is 0.310 e. The molecule has 0 aliphatic rings. The normalized spacial score (nSPS) is 11.1. The number of anilines is 1. The highest BCUT2D eigenvalue weighted by atomic mass is 32.2. The molecule has 1 N–H and O–H groups in total. The maximum absolute atomic E-state index is 12.2. The monoisotopic (exact) mass is 349 g/mol. The molecule has 1 amide bonds. The lowest BCUT2D eigenvalue weighted by atomic mass is 10.4. The van der Waals surface area contributed by atoms with Gasteiger partial charge in [0.25, 0.3) is 5.56 Å². The van der Waals surface area contributed by atoms with E-state index in [0.29, 0.717) is 21.2 Å². The van der Waals surface area contributed by atoms with Gasteiger partial charge in [-0.15, -0.1) is 11.3 Å². The minimum atomic E-state index is -0.168. The molecule has 0 aliphatic carbocycles. The summed E-state index contributed by atoms with van der Waals surface area (Å²) in [5.74, 6) is 0.642. The maximum atomic E-state index is 12.2. The van der Waals surface area contributed by atoms with Crippen LogP contribution >= 0.6 is 23.1 Å². The molecule has 0 saturated carbocycles. The maximum Gasteiger partial charge on any atom is 0.262 e. The lowest BCUT2D eigenvalue weighted by Crippen LogP contribution is -2.21. The molecule has 0 bridgehead atoms. The average Bonchev–Trinajstić information content (AvgIpc) is 3.08. The summed E-state index contributed by atoms with van der Waals surface area (Å²) in [6.45, 7) is 1.86. The minimum absolute atomic E-state index is 0.0959. The van der Waals surface area contributed by atoms with E-state index >= 15 is 0 Å². The van der Waals surface area contributed by atoms with Gasteiger partial charge in [-0.05, 0) is 18.4 Å². The van der Waals surface area contributed by atoms with Gasteiger partial charge in [-0.25, -0.2) is 4.98 Å². The first-order valence-corrected chi connectivity index (χ1v) is 8.70. The van der Waals surface area contributed by atoms with Crippen molar-refractivity contribution in [1.29, 1.82) is 0 Å². The molecule has 3 heterocycles. The lowest BCUT2D eigenvalue weighted by molar-refractivity contribution is -0.113. The molecule has 0 aromatic carbocycles. The fraction of sp³-hybridized carbons (Fsp3) is 0.286.